The van der Waals surface area contributed by atoms with Crippen LogP contribution in [0.3, 0.4) is 0 Å². The Morgan fingerprint density at radius 3 is 2.38 bits per heavy atom. The minimum absolute atomic E-state index is 0.179. The highest BCUT2D eigenvalue weighted by Crippen LogP contribution is 2.38. The van der Waals surface area contributed by atoms with E-state index in [4.69, 9.17) is 4.74 Å². The summed E-state index contributed by atoms with van der Waals surface area (Å²) in [4.78, 5) is 26.9. The number of fused-ring (bicyclic) bond motifs is 1. The third-order valence-corrected chi connectivity index (χ3v) is 10.6. The topological polar surface area (TPSA) is 105 Å². The van der Waals surface area contributed by atoms with Crippen LogP contribution in [0.5, 0.6) is 0 Å². The Kier molecular flexibility index (Phi) is 8.60. The fourth-order valence-corrected chi connectivity index (χ4v) is 8.67. The molecule has 2 aromatic rings. The molecule has 1 saturated heterocycles. The predicted octanol–water partition coefficient (Wildman–Crippen LogP) is 4.95. The van der Waals surface area contributed by atoms with Crippen LogP contribution >= 0.6 is 11.3 Å². The Morgan fingerprint density at radius 1 is 1.08 bits per heavy atom. The molecule has 0 saturated carbocycles. The van der Waals surface area contributed by atoms with Crippen LogP contribution in [-0.2, 0) is 27.6 Å². The summed E-state index contributed by atoms with van der Waals surface area (Å²) >= 11 is 1.46. The monoisotopic (exact) mass is 547 g/mol. The molecular formula is C27H37N3O5S2. The van der Waals surface area contributed by atoms with Gasteiger partial charge in [-0.25, -0.2) is 18.0 Å². The molecule has 1 aromatic heterocycles. The molecule has 0 radical (unpaired) electrons. The van der Waals surface area contributed by atoms with Crippen LogP contribution in [-0.4, -0.2) is 51.0 Å². The first-order chi connectivity index (χ1) is 17.6. The minimum atomic E-state index is -3.56. The van der Waals surface area contributed by atoms with Gasteiger partial charge in [-0.1, -0.05) is 17.7 Å². The molecule has 1 aromatic carbocycles. The summed E-state index contributed by atoms with van der Waals surface area (Å²) in [5.74, 6) is -0.205. The number of nitrogens with zero attached hydrogens (tertiary/aromatic N) is 1. The second kappa shape index (κ2) is 11.5. The fraction of sp³-hybridized carbons (Fsp3) is 0.556. The maximum Gasteiger partial charge on any atom is 0.341 e. The van der Waals surface area contributed by atoms with E-state index in [2.05, 4.69) is 10.6 Å². The molecule has 2 amide bonds. The molecule has 1 aliphatic carbocycles. The van der Waals surface area contributed by atoms with Gasteiger partial charge in [0, 0.05) is 24.5 Å². The number of benzene rings is 1. The van der Waals surface area contributed by atoms with Gasteiger partial charge < -0.3 is 10.1 Å². The molecule has 2 heterocycles. The molecule has 4 rings (SSSR count). The van der Waals surface area contributed by atoms with Crippen LogP contribution in [0.1, 0.15) is 70.1 Å². The number of carbonyl (C=O) groups is 2. The number of amides is 2. The van der Waals surface area contributed by atoms with E-state index in [1.165, 1.54) is 11.3 Å². The van der Waals surface area contributed by atoms with E-state index < -0.39 is 10.0 Å². The number of esters is 1. The van der Waals surface area contributed by atoms with E-state index in [0.29, 0.717) is 47.9 Å². The van der Waals surface area contributed by atoms with Crippen LogP contribution < -0.4 is 10.6 Å². The Labute approximate surface area is 223 Å². The Hall–Kier alpha value is -2.43. The van der Waals surface area contributed by atoms with Crippen molar-refractivity contribution in [3.05, 3.63) is 44.8 Å². The van der Waals surface area contributed by atoms with Crippen molar-refractivity contribution in [2.75, 3.05) is 31.6 Å². The quantitative estimate of drug-likeness (QED) is 0.477. The molecule has 8 nitrogen and oxygen atoms in total. The molecule has 1 aliphatic heterocycles. The highest BCUT2D eigenvalue weighted by atomic mass is 32.2. The third kappa shape index (κ3) is 6.02. The first-order valence-corrected chi connectivity index (χ1v) is 15.3. The summed E-state index contributed by atoms with van der Waals surface area (Å²) < 4.78 is 33.5. The SMILES string of the molecule is CCOC(=O)c1c(NC(=O)NCC2CCN(S(=O)(=O)c3c(C)cc(C)cc3C)CC2)sc2c1CCCC2. The van der Waals surface area contributed by atoms with Crippen LogP contribution in [0.4, 0.5) is 9.80 Å². The van der Waals surface area contributed by atoms with E-state index in [1.54, 1.807) is 11.2 Å². The third-order valence-electron chi connectivity index (χ3n) is 7.21. The Morgan fingerprint density at radius 2 is 1.73 bits per heavy atom. The van der Waals surface area contributed by atoms with E-state index in [0.717, 1.165) is 52.8 Å². The summed E-state index contributed by atoms with van der Waals surface area (Å²) in [7, 11) is -3.56. The summed E-state index contributed by atoms with van der Waals surface area (Å²) in [5.41, 5.74) is 4.11. The number of rotatable bonds is 7. The van der Waals surface area contributed by atoms with Gasteiger partial charge in [0.25, 0.3) is 0 Å². The average molecular weight is 548 g/mol. The molecular weight excluding hydrogens is 510 g/mol. The Bertz CT molecular complexity index is 1250. The molecule has 0 unspecified atom stereocenters. The molecule has 0 bridgehead atoms. The van der Waals surface area contributed by atoms with Gasteiger partial charge in [0.2, 0.25) is 10.0 Å². The number of nitrogens with one attached hydrogen (secondary N) is 2. The summed E-state index contributed by atoms with van der Waals surface area (Å²) in [5, 5.41) is 6.35. The first kappa shape index (κ1) is 27.6. The smallest absolute Gasteiger partial charge is 0.341 e. The van der Waals surface area contributed by atoms with Crippen molar-refractivity contribution in [3.8, 4) is 0 Å². The van der Waals surface area contributed by atoms with Gasteiger partial charge in [0.05, 0.1) is 17.1 Å². The number of urea groups is 1. The number of piperidine rings is 1. The van der Waals surface area contributed by atoms with Crippen molar-refractivity contribution >= 4 is 38.4 Å². The van der Waals surface area contributed by atoms with Gasteiger partial charge in [0.1, 0.15) is 5.00 Å². The zero-order chi connectivity index (χ0) is 26.7. The lowest BCUT2D eigenvalue weighted by molar-refractivity contribution is 0.0526. The van der Waals surface area contributed by atoms with Gasteiger partial charge in [-0.15, -0.1) is 11.3 Å². The molecule has 37 heavy (non-hydrogen) atoms. The minimum Gasteiger partial charge on any atom is -0.462 e. The maximum atomic E-state index is 13.3. The largest absolute Gasteiger partial charge is 0.462 e. The molecule has 2 N–H and O–H groups in total. The van der Waals surface area contributed by atoms with Crippen LogP contribution in [0.25, 0.3) is 0 Å². The lowest BCUT2D eigenvalue weighted by atomic mass is 9.95. The van der Waals surface area contributed by atoms with Gasteiger partial charge in [-0.05, 0) is 88.8 Å². The number of hydrogen-bond donors (Lipinski definition) is 2. The molecule has 0 spiro atoms. The normalized spacial score (nSPS) is 16.8. The highest BCUT2D eigenvalue weighted by Gasteiger charge is 2.32. The number of thiophene rings is 1. The van der Waals surface area contributed by atoms with Gasteiger partial charge in [-0.3, -0.25) is 5.32 Å². The lowest BCUT2D eigenvalue weighted by Gasteiger charge is -2.32. The maximum absolute atomic E-state index is 13.3. The summed E-state index contributed by atoms with van der Waals surface area (Å²) in [6, 6.07) is 3.46. The van der Waals surface area contributed by atoms with Crippen molar-refractivity contribution in [2.24, 2.45) is 5.92 Å². The predicted molar refractivity (Wildman–Crippen MR) is 146 cm³/mol. The van der Waals surface area contributed by atoms with Crippen molar-refractivity contribution in [3.63, 3.8) is 0 Å². The summed E-state index contributed by atoms with van der Waals surface area (Å²) in [6.07, 6.45) is 5.19. The van der Waals surface area contributed by atoms with Gasteiger partial charge in [-0.2, -0.15) is 4.31 Å². The van der Waals surface area contributed by atoms with Crippen LogP contribution in [0.2, 0.25) is 0 Å². The van der Waals surface area contributed by atoms with Crippen molar-refractivity contribution in [1.82, 2.24) is 9.62 Å². The number of sulfonamides is 1. The lowest BCUT2D eigenvalue weighted by Crippen LogP contribution is -2.42. The number of hydrogen-bond acceptors (Lipinski definition) is 6. The van der Waals surface area contributed by atoms with E-state index in [9.17, 15) is 18.0 Å². The van der Waals surface area contributed by atoms with Crippen molar-refractivity contribution in [1.29, 1.82) is 0 Å². The molecule has 2 aliphatic rings. The number of anilines is 1. The number of aryl methyl sites for hydroxylation is 4. The van der Waals surface area contributed by atoms with Gasteiger partial charge >= 0.3 is 12.0 Å². The Balaban J connectivity index is 1.34. The van der Waals surface area contributed by atoms with Crippen LogP contribution in [0, 0.1) is 26.7 Å². The summed E-state index contributed by atoms with van der Waals surface area (Å²) in [6.45, 7) is 9.01. The zero-order valence-corrected chi connectivity index (χ0v) is 23.7. The van der Waals surface area contributed by atoms with Gasteiger partial charge in [0.15, 0.2) is 0 Å². The van der Waals surface area contributed by atoms with Crippen LogP contribution in [0.15, 0.2) is 17.0 Å². The van der Waals surface area contributed by atoms with Crippen molar-refractivity contribution < 1.29 is 22.7 Å². The van der Waals surface area contributed by atoms with Crippen molar-refractivity contribution in [2.45, 2.75) is 71.1 Å². The average Bonchev–Trinajstić information content (AvgIpc) is 3.20. The van der Waals surface area contributed by atoms with E-state index in [-0.39, 0.29) is 24.5 Å². The standard InChI is InChI=1S/C27H37N3O5S2/c1-5-35-26(31)23-21-8-6-7-9-22(21)36-25(23)29-27(32)28-16-20-10-12-30(13-11-20)37(33,34)24-18(3)14-17(2)15-19(24)4/h14-15,20H,5-13,16H2,1-4H3,(H2,28,29,32). The first-order valence-electron chi connectivity index (χ1n) is 13.1. The molecule has 202 valence electrons. The molecule has 0 atom stereocenters. The highest BCUT2D eigenvalue weighted by molar-refractivity contribution is 7.89. The molecule has 10 heteroatoms. The second-order valence-corrected chi connectivity index (χ2v) is 13.0. The zero-order valence-electron chi connectivity index (χ0n) is 22.1. The number of ether oxygens (including phenoxy) is 1. The number of carbonyl (C=O) groups excluding carboxylic acids is 2. The van der Waals surface area contributed by atoms with E-state index >= 15 is 0 Å². The second-order valence-electron chi connectivity index (χ2n) is 10.0. The fourth-order valence-electron chi connectivity index (χ4n) is 5.51. The van der Waals surface area contributed by atoms with E-state index in [1.807, 2.05) is 32.9 Å². The molecule has 1 fully saturated rings.